The molecule has 1 atom stereocenters. The van der Waals surface area contributed by atoms with Gasteiger partial charge in [-0.25, -0.2) is 4.79 Å². The first-order valence-corrected chi connectivity index (χ1v) is 8.78. The second kappa shape index (κ2) is 7.34. The van der Waals surface area contributed by atoms with Crippen LogP contribution in [-0.2, 0) is 4.74 Å². The van der Waals surface area contributed by atoms with Gasteiger partial charge in [0, 0.05) is 18.4 Å². The Morgan fingerprint density at radius 3 is 2.67 bits per heavy atom. The molecule has 3 rings (SSSR count). The van der Waals surface area contributed by atoms with Crippen LogP contribution in [0.2, 0.25) is 0 Å². The number of ether oxygens (including phenoxy) is 1. The van der Waals surface area contributed by atoms with E-state index < -0.39 is 11.2 Å². The molecule has 2 heterocycles. The SMILES string of the molecule is CC(=NCC1CCCO1)c1c(O)n(C2CCCCC2)c(=O)[nH]c1=O. The third-order valence-corrected chi connectivity index (χ3v) is 4.98. The maximum absolute atomic E-state index is 12.2. The Kier molecular flexibility index (Phi) is 5.18. The topological polar surface area (TPSA) is 96.7 Å². The summed E-state index contributed by atoms with van der Waals surface area (Å²) >= 11 is 0. The molecular formula is C17H25N3O4. The molecule has 0 bridgehead atoms. The van der Waals surface area contributed by atoms with E-state index in [1.54, 1.807) is 6.92 Å². The Morgan fingerprint density at radius 2 is 2.00 bits per heavy atom. The minimum atomic E-state index is -0.585. The highest BCUT2D eigenvalue weighted by molar-refractivity contribution is 6.00. The van der Waals surface area contributed by atoms with Crippen molar-refractivity contribution in [1.82, 2.24) is 9.55 Å². The molecule has 0 radical (unpaired) electrons. The fourth-order valence-electron chi connectivity index (χ4n) is 3.65. The van der Waals surface area contributed by atoms with Crippen molar-refractivity contribution >= 4 is 5.71 Å². The molecule has 1 aromatic rings. The van der Waals surface area contributed by atoms with Gasteiger partial charge in [-0.1, -0.05) is 19.3 Å². The Bertz CT molecular complexity index is 722. The predicted molar refractivity (Wildman–Crippen MR) is 91.2 cm³/mol. The maximum atomic E-state index is 12.2. The fourth-order valence-corrected chi connectivity index (χ4v) is 3.65. The van der Waals surface area contributed by atoms with Crippen LogP contribution in [0.25, 0.3) is 0 Å². The summed E-state index contributed by atoms with van der Waals surface area (Å²) in [5.41, 5.74) is -0.592. The van der Waals surface area contributed by atoms with Crippen molar-refractivity contribution in [3.8, 4) is 5.88 Å². The molecule has 0 amide bonds. The van der Waals surface area contributed by atoms with E-state index in [4.69, 9.17) is 4.74 Å². The minimum Gasteiger partial charge on any atom is -0.494 e. The Balaban J connectivity index is 1.93. The van der Waals surface area contributed by atoms with Gasteiger partial charge >= 0.3 is 5.69 Å². The monoisotopic (exact) mass is 335 g/mol. The van der Waals surface area contributed by atoms with Crippen molar-refractivity contribution in [1.29, 1.82) is 0 Å². The number of hydrogen-bond acceptors (Lipinski definition) is 5. The molecule has 1 unspecified atom stereocenters. The Hall–Kier alpha value is -1.89. The number of aromatic hydroxyl groups is 1. The van der Waals surface area contributed by atoms with Crippen molar-refractivity contribution in [2.45, 2.75) is 64.0 Å². The van der Waals surface area contributed by atoms with Gasteiger partial charge in [0.25, 0.3) is 5.56 Å². The van der Waals surface area contributed by atoms with E-state index >= 15 is 0 Å². The van der Waals surface area contributed by atoms with Crippen LogP contribution in [-0.4, -0.2) is 39.6 Å². The molecule has 7 heteroatoms. The van der Waals surface area contributed by atoms with E-state index in [0.717, 1.165) is 51.6 Å². The highest BCUT2D eigenvalue weighted by Gasteiger charge is 2.24. The second-order valence-corrected chi connectivity index (χ2v) is 6.68. The fraction of sp³-hybridized carbons (Fsp3) is 0.706. The lowest BCUT2D eigenvalue weighted by Crippen LogP contribution is -2.36. The largest absolute Gasteiger partial charge is 0.494 e. The average molecular weight is 335 g/mol. The van der Waals surface area contributed by atoms with Gasteiger partial charge in [-0.3, -0.25) is 19.3 Å². The first-order chi connectivity index (χ1) is 11.6. The van der Waals surface area contributed by atoms with Gasteiger partial charge in [0.1, 0.15) is 5.56 Å². The van der Waals surface area contributed by atoms with E-state index in [2.05, 4.69) is 9.98 Å². The number of rotatable bonds is 4. The standard InChI is InChI=1S/C17H25N3O4/c1-11(18-10-13-8-5-9-24-13)14-15(21)19-17(23)20(16(14)22)12-6-3-2-4-7-12/h12-13,22H,2-10H2,1H3,(H,19,21,23). The highest BCUT2D eigenvalue weighted by atomic mass is 16.5. The van der Waals surface area contributed by atoms with Gasteiger partial charge in [0.2, 0.25) is 5.88 Å². The lowest BCUT2D eigenvalue weighted by atomic mass is 9.95. The third kappa shape index (κ3) is 3.45. The lowest BCUT2D eigenvalue weighted by molar-refractivity contribution is 0.118. The van der Waals surface area contributed by atoms with E-state index in [0.29, 0.717) is 12.3 Å². The van der Waals surface area contributed by atoms with Gasteiger partial charge < -0.3 is 9.84 Å². The zero-order valence-corrected chi connectivity index (χ0v) is 14.1. The second-order valence-electron chi connectivity index (χ2n) is 6.68. The van der Waals surface area contributed by atoms with Crippen LogP contribution in [0.15, 0.2) is 14.6 Å². The van der Waals surface area contributed by atoms with E-state index in [-0.39, 0.29) is 23.6 Å². The normalized spacial score (nSPS) is 22.9. The highest BCUT2D eigenvalue weighted by Crippen LogP contribution is 2.30. The summed E-state index contributed by atoms with van der Waals surface area (Å²) in [6.07, 6.45) is 6.93. The summed E-state index contributed by atoms with van der Waals surface area (Å²) in [7, 11) is 0. The van der Waals surface area contributed by atoms with Gasteiger partial charge in [0.15, 0.2) is 0 Å². The average Bonchev–Trinajstić information content (AvgIpc) is 3.07. The molecule has 132 valence electrons. The predicted octanol–water partition coefficient (Wildman–Crippen LogP) is 1.74. The summed E-state index contributed by atoms with van der Waals surface area (Å²) in [5, 5.41) is 10.6. The zero-order chi connectivity index (χ0) is 17.1. The van der Waals surface area contributed by atoms with Crippen LogP contribution in [0.5, 0.6) is 5.88 Å². The minimum absolute atomic E-state index is 0.0622. The van der Waals surface area contributed by atoms with Crippen molar-refractivity contribution in [2.24, 2.45) is 4.99 Å². The summed E-state index contributed by atoms with van der Waals surface area (Å²) in [4.78, 5) is 31.1. The summed E-state index contributed by atoms with van der Waals surface area (Å²) in [5.74, 6) is -0.260. The molecule has 0 spiro atoms. The molecule has 1 aromatic heterocycles. The van der Waals surface area contributed by atoms with E-state index in [1.165, 1.54) is 4.57 Å². The summed E-state index contributed by atoms with van der Waals surface area (Å²) in [6, 6.07) is -0.0622. The first-order valence-electron chi connectivity index (χ1n) is 8.78. The molecule has 1 saturated heterocycles. The summed E-state index contributed by atoms with van der Waals surface area (Å²) in [6.45, 7) is 2.90. The van der Waals surface area contributed by atoms with Crippen molar-refractivity contribution in [3.63, 3.8) is 0 Å². The van der Waals surface area contributed by atoms with Crippen molar-refractivity contribution in [3.05, 3.63) is 26.4 Å². The first kappa shape index (κ1) is 17.0. The van der Waals surface area contributed by atoms with Crippen LogP contribution in [0, 0.1) is 0 Å². The Morgan fingerprint density at radius 1 is 1.25 bits per heavy atom. The number of hydrogen-bond donors (Lipinski definition) is 2. The smallest absolute Gasteiger partial charge is 0.331 e. The van der Waals surface area contributed by atoms with Crippen LogP contribution < -0.4 is 11.2 Å². The molecule has 2 N–H and O–H groups in total. The Labute approximate surface area is 140 Å². The van der Waals surface area contributed by atoms with Gasteiger partial charge in [-0.05, 0) is 32.6 Å². The van der Waals surface area contributed by atoms with Crippen LogP contribution in [0.4, 0.5) is 0 Å². The quantitative estimate of drug-likeness (QED) is 0.819. The van der Waals surface area contributed by atoms with Crippen molar-refractivity contribution in [2.75, 3.05) is 13.2 Å². The zero-order valence-electron chi connectivity index (χ0n) is 14.1. The van der Waals surface area contributed by atoms with E-state index in [1.807, 2.05) is 0 Å². The molecule has 2 fully saturated rings. The van der Waals surface area contributed by atoms with Gasteiger partial charge in [0.05, 0.1) is 12.6 Å². The maximum Gasteiger partial charge on any atom is 0.331 e. The number of nitrogens with zero attached hydrogens (tertiary/aromatic N) is 2. The van der Waals surface area contributed by atoms with Gasteiger partial charge in [-0.2, -0.15) is 0 Å². The number of nitrogens with one attached hydrogen (secondary N) is 1. The summed E-state index contributed by atoms with van der Waals surface area (Å²) < 4.78 is 6.86. The van der Waals surface area contributed by atoms with Crippen LogP contribution >= 0.6 is 0 Å². The van der Waals surface area contributed by atoms with Crippen LogP contribution in [0.1, 0.15) is 63.5 Å². The molecule has 1 aliphatic heterocycles. The number of H-pyrrole nitrogens is 1. The molecule has 7 nitrogen and oxygen atoms in total. The number of aromatic nitrogens is 2. The molecule has 0 aromatic carbocycles. The van der Waals surface area contributed by atoms with E-state index in [9.17, 15) is 14.7 Å². The number of aliphatic imine (C=N–C) groups is 1. The molecular weight excluding hydrogens is 310 g/mol. The third-order valence-electron chi connectivity index (χ3n) is 4.98. The number of aromatic amines is 1. The molecule has 1 aliphatic carbocycles. The van der Waals surface area contributed by atoms with Crippen LogP contribution in [0.3, 0.4) is 0 Å². The van der Waals surface area contributed by atoms with Crippen molar-refractivity contribution < 1.29 is 9.84 Å². The molecule has 1 saturated carbocycles. The molecule has 2 aliphatic rings. The van der Waals surface area contributed by atoms with Gasteiger partial charge in [-0.15, -0.1) is 0 Å². The lowest BCUT2D eigenvalue weighted by Gasteiger charge is -2.25. The molecule has 24 heavy (non-hydrogen) atoms.